The molecule has 0 atom stereocenters. The molecule has 0 aliphatic heterocycles. The fourth-order valence-electron chi connectivity index (χ4n) is 1.68. The van der Waals surface area contributed by atoms with E-state index in [1.807, 2.05) is 13.8 Å². The summed E-state index contributed by atoms with van der Waals surface area (Å²) in [5.41, 5.74) is 6.39. The summed E-state index contributed by atoms with van der Waals surface area (Å²) in [6.07, 6.45) is 0.0101. The molecule has 0 saturated heterocycles. The highest BCUT2D eigenvalue weighted by atomic mass is 79.9. The Kier molecular flexibility index (Phi) is 4.49. The molecule has 3 nitrogen and oxygen atoms in total. The van der Waals surface area contributed by atoms with Crippen molar-refractivity contribution in [1.29, 1.82) is 0 Å². The van der Waals surface area contributed by atoms with Gasteiger partial charge in [0.05, 0.1) is 6.10 Å². The molecule has 0 radical (unpaired) electrons. The molecule has 5 heteroatoms. The van der Waals surface area contributed by atoms with Gasteiger partial charge in [0.1, 0.15) is 23.0 Å². The van der Waals surface area contributed by atoms with Gasteiger partial charge in [-0.1, -0.05) is 22.0 Å². The average Bonchev–Trinajstić information content (AvgIpc) is 2.32. The monoisotopic (exact) mass is 339 g/mol. The molecular weight excluding hydrogens is 325 g/mol. The smallest absolute Gasteiger partial charge is 0.154 e. The zero-order valence-electron chi connectivity index (χ0n) is 11.2. The Labute approximate surface area is 125 Å². The SMILES string of the molecule is CC(C)Oc1cccc(Oc2cc(F)cc(Br)c2)c1N. The molecule has 0 aliphatic rings. The highest BCUT2D eigenvalue weighted by Gasteiger charge is 2.10. The largest absolute Gasteiger partial charge is 0.489 e. The number of anilines is 1. The van der Waals surface area contributed by atoms with Gasteiger partial charge in [-0.3, -0.25) is 0 Å². The quantitative estimate of drug-likeness (QED) is 0.817. The van der Waals surface area contributed by atoms with Gasteiger partial charge in [0.2, 0.25) is 0 Å². The maximum absolute atomic E-state index is 13.3. The first-order valence-electron chi connectivity index (χ1n) is 6.15. The molecule has 2 N–H and O–H groups in total. The number of benzene rings is 2. The van der Waals surface area contributed by atoms with Crippen LogP contribution in [0.4, 0.5) is 10.1 Å². The van der Waals surface area contributed by atoms with E-state index in [2.05, 4.69) is 15.9 Å². The Morgan fingerprint density at radius 2 is 1.85 bits per heavy atom. The number of hydrogen-bond acceptors (Lipinski definition) is 3. The van der Waals surface area contributed by atoms with Crippen molar-refractivity contribution in [3.8, 4) is 17.2 Å². The van der Waals surface area contributed by atoms with Crippen LogP contribution in [0.2, 0.25) is 0 Å². The van der Waals surface area contributed by atoms with Crippen molar-refractivity contribution >= 4 is 21.6 Å². The second kappa shape index (κ2) is 6.13. The lowest BCUT2D eigenvalue weighted by molar-refractivity contribution is 0.243. The third-order valence-corrected chi connectivity index (χ3v) is 2.91. The third kappa shape index (κ3) is 3.63. The number of nitrogens with two attached hydrogens (primary N) is 1. The van der Waals surface area contributed by atoms with E-state index >= 15 is 0 Å². The second-order valence-electron chi connectivity index (χ2n) is 4.54. The van der Waals surface area contributed by atoms with Crippen molar-refractivity contribution in [2.75, 3.05) is 5.73 Å². The Morgan fingerprint density at radius 1 is 1.15 bits per heavy atom. The minimum atomic E-state index is -0.387. The topological polar surface area (TPSA) is 44.5 Å². The zero-order chi connectivity index (χ0) is 14.7. The lowest BCUT2D eigenvalue weighted by Gasteiger charge is -2.15. The summed E-state index contributed by atoms with van der Waals surface area (Å²) in [4.78, 5) is 0. The van der Waals surface area contributed by atoms with Crippen molar-refractivity contribution < 1.29 is 13.9 Å². The summed E-state index contributed by atoms with van der Waals surface area (Å²) in [6, 6.07) is 9.57. The Balaban J connectivity index is 2.29. The first-order chi connectivity index (χ1) is 9.45. The molecule has 0 aliphatic carbocycles. The lowest BCUT2D eigenvalue weighted by Crippen LogP contribution is -2.07. The van der Waals surface area contributed by atoms with Crippen LogP contribution in [0, 0.1) is 5.82 Å². The Morgan fingerprint density at radius 3 is 2.50 bits per heavy atom. The fourth-order valence-corrected chi connectivity index (χ4v) is 2.13. The molecule has 0 heterocycles. The van der Waals surface area contributed by atoms with Crippen molar-refractivity contribution in [2.24, 2.45) is 0 Å². The van der Waals surface area contributed by atoms with E-state index in [4.69, 9.17) is 15.2 Å². The molecule has 0 unspecified atom stereocenters. The van der Waals surface area contributed by atoms with Gasteiger partial charge in [-0.15, -0.1) is 0 Å². The minimum Gasteiger partial charge on any atom is -0.489 e. The number of halogens is 2. The predicted octanol–water partition coefficient (Wildman–Crippen LogP) is 4.75. The number of nitrogen functional groups attached to an aromatic ring is 1. The zero-order valence-corrected chi connectivity index (χ0v) is 12.8. The lowest BCUT2D eigenvalue weighted by atomic mass is 10.2. The van der Waals surface area contributed by atoms with Crippen LogP contribution in [-0.2, 0) is 0 Å². The molecule has 106 valence electrons. The molecule has 0 bridgehead atoms. The van der Waals surface area contributed by atoms with Crippen molar-refractivity contribution in [1.82, 2.24) is 0 Å². The van der Waals surface area contributed by atoms with E-state index in [9.17, 15) is 4.39 Å². The molecule has 2 aromatic rings. The van der Waals surface area contributed by atoms with Crippen LogP contribution in [0.25, 0.3) is 0 Å². The summed E-state index contributed by atoms with van der Waals surface area (Å²) in [5, 5.41) is 0. The average molecular weight is 340 g/mol. The first kappa shape index (κ1) is 14.7. The van der Waals surface area contributed by atoms with Gasteiger partial charge in [0, 0.05) is 10.5 Å². The van der Waals surface area contributed by atoms with Crippen LogP contribution in [0.1, 0.15) is 13.8 Å². The van der Waals surface area contributed by atoms with Gasteiger partial charge in [-0.25, -0.2) is 4.39 Å². The van der Waals surface area contributed by atoms with Gasteiger partial charge in [-0.05, 0) is 38.1 Å². The van der Waals surface area contributed by atoms with E-state index in [0.717, 1.165) is 0 Å². The number of ether oxygens (including phenoxy) is 2. The first-order valence-corrected chi connectivity index (χ1v) is 6.94. The van der Waals surface area contributed by atoms with Gasteiger partial charge >= 0.3 is 0 Å². The predicted molar refractivity (Wildman–Crippen MR) is 80.8 cm³/mol. The molecule has 0 amide bonds. The van der Waals surface area contributed by atoms with Crippen LogP contribution in [0.3, 0.4) is 0 Å². The highest BCUT2D eigenvalue weighted by Crippen LogP contribution is 2.35. The van der Waals surface area contributed by atoms with E-state index in [1.165, 1.54) is 12.1 Å². The molecule has 0 aromatic heterocycles. The molecule has 0 saturated carbocycles. The maximum Gasteiger partial charge on any atom is 0.154 e. The Hall–Kier alpha value is -1.75. The van der Waals surface area contributed by atoms with Crippen molar-refractivity contribution in [2.45, 2.75) is 20.0 Å². The van der Waals surface area contributed by atoms with Crippen LogP contribution < -0.4 is 15.2 Å². The summed E-state index contributed by atoms with van der Waals surface area (Å²) in [7, 11) is 0. The van der Waals surface area contributed by atoms with Crippen LogP contribution in [-0.4, -0.2) is 6.10 Å². The molecule has 2 rings (SSSR count). The third-order valence-electron chi connectivity index (χ3n) is 2.45. The minimum absolute atomic E-state index is 0.0101. The van der Waals surface area contributed by atoms with Gasteiger partial charge in [0.15, 0.2) is 5.75 Å². The van der Waals surface area contributed by atoms with Gasteiger partial charge in [0.25, 0.3) is 0 Å². The van der Waals surface area contributed by atoms with E-state index < -0.39 is 0 Å². The molecule has 2 aromatic carbocycles. The summed E-state index contributed by atoms with van der Waals surface area (Å²) >= 11 is 3.22. The van der Waals surface area contributed by atoms with Crippen LogP contribution in [0.15, 0.2) is 40.9 Å². The molecule has 0 spiro atoms. The summed E-state index contributed by atoms with van der Waals surface area (Å²) < 4.78 is 25.1. The maximum atomic E-state index is 13.3. The number of rotatable bonds is 4. The van der Waals surface area contributed by atoms with Crippen LogP contribution >= 0.6 is 15.9 Å². The standard InChI is InChI=1S/C15H15BrFNO2/c1-9(2)19-13-4-3-5-14(15(13)18)20-12-7-10(16)6-11(17)8-12/h3-9H,18H2,1-2H3. The highest BCUT2D eigenvalue weighted by molar-refractivity contribution is 9.10. The number of para-hydroxylation sites is 1. The Bertz CT molecular complexity index is 597. The second-order valence-corrected chi connectivity index (χ2v) is 5.46. The summed E-state index contributed by atoms with van der Waals surface area (Å²) in [5.74, 6) is 0.960. The van der Waals surface area contributed by atoms with Gasteiger partial charge in [-0.2, -0.15) is 0 Å². The molecule has 0 fully saturated rings. The van der Waals surface area contributed by atoms with E-state index in [0.29, 0.717) is 27.4 Å². The molecular formula is C15H15BrFNO2. The van der Waals surface area contributed by atoms with Crippen molar-refractivity contribution in [3.05, 3.63) is 46.7 Å². The summed E-state index contributed by atoms with van der Waals surface area (Å²) in [6.45, 7) is 3.83. The van der Waals surface area contributed by atoms with Gasteiger partial charge < -0.3 is 15.2 Å². The van der Waals surface area contributed by atoms with E-state index in [1.54, 1.807) is 24.3 Å². The number of hydrogen-bond donors (Lipinski definition) is 1. The fraction of sp³-hybridized carbons (Fsp3) is 0.200. The molecule has 20 heavy (non-hydrogen) atoms. The van der Waals surface area contributed by atoms with Crippen LogP contribution in [0.5, 0.6) is 17.2 Å². The van der Waals surface area contributed by atoms with Crippen molar-refractivity contribution in [3.63, 3.8) is 0 Å². The normalized spacial score (nSPS) is 10.7. The van der Waals surface area contributed by atoms with E-state index in [-0.39, 0.29) is 11.9 Å².